The van der Waals surface area contributed by atoms with Crippen LogP contribution in [0.3, 0.4) is 0 Å². The quantitative estimate of drug-likeness (QED) is 0.875. The van der Waals surface area contributed by atoms with E-state index in [9.17, 15) is 9.90 Å². The second kappa shape index (κ2) is 7.93. The minimum Gasteiger partial charge on any atom is -0.396 e. The lowest BCUT2D eigenvalue weighted by molar-refractivity contribution is -0.126. The number of hydrogen-bond acceptors (Lipinski definition) is 3. The zero-order valence-electron chi connectivity index (χ0n) is 13.8. The largest absolute Gasteiger partial charge is 0.396 e. The molecule has 1 aromatic carbocycles. The molecule has 2 fully saturated rings. The van der Waals surface area contributed by atoms with Crippen molar-refractivity contribution in [3.63, 3.8) is 0 Å². The number of nitrogens with zero attached hydrogens (tertiary/aromatic N) is 1. The first-order valence-electron chi connectivity index (χ1n) is 8.94. The third-order valence-electron chi connectivity index (χ3n) is 5.38. The topological polar surface area (TPSA) is 52.6 Å². The second-order valence-electron chi connectivity index (χ2n) is 7.05. The summed E-state index contributed by atoms with van der Waals surface area (Å²) < 4.78 is 0. The Hall–Kier alpha value is -1.39. The maximum absolute atomic E-state index is 12.4. The molecule has 1 saturated carbocycles. The van der Waals surface area contributed by atoms with Crippen molar-refractivity contribution in [3.8, 4) is 0 Å². The molecule has 4 heteroatoms. The summed E-state index contributed by atoms with van der Waals surface area (Å²) in [6, 6.07) is 10.5. The lowest BCUT2D eigenvalue weighted by Crippen LogP contribution is -2.54. The van der Waals surface area contributed by atoms with Crippen molar-refractivity contribution in [2.24, 2.45) is 11.8 Å². The fourth-order valence-electron chi connectivity index (χ4n) is 3.92. The summed E-state index contributed by atoms with van der Waals surface area (Å²) in [4.78, 5) is 14.8. The van der Waals surface area contributed by atoms with E-state index in [4.69, 9.17) is 0 Å². The predicted molar refractivity (Wildman–Crippen MR) is 90.8 cm³/mol. The van der Waals surface area contributed by atoms with Gasteiger partial charge in [-0.05, 0) is 31.4 Å². The Balaban J connectivity index is 1.58. The van der Waals surface area contributed by atoms with E-state index in [1.54, 1.807) is 0 Å². The van der Waals surface area contributed by atoms with Gasteiger partial charge in [-0.3, -0.25) is 9.69 Å². The number of aliphatic hydroxyl groups excluding tert-OH is 1. The first kappa shape index (κ1) is 16.5. The van der Waals surface area contributed by atoms with Gasteiger partial charge in [0.25, 0.3) is 0 Å². The molecule has 23 heavy (non-hydrogen) atoms. The van der Waals surface area contributed by atoms with Gasteiger partial charge in [0.2, 0.25) is 5.91 Å². The van der Waals surface area contributed by atoms with E-state index in [1.807, 2.05) is 6.07 Å². The summed E-state index contributed by atoms with van der Waals surface area (Å²) in [5.41, 5.74) is 1.30. The van der Waals surface area contributed by atoms with Gasteiger partial charge in [0.1, 0.15) is 0 Å². The van der Waals surface area contributed by atoms with Crippen LogP contribution in [0.25, 0.3) is 0 Å². The molecule has 0 radical (unpaired) electrons. The number of amides is 1. The van der Waals surface area contributed by atoms with Crippen molar-refractivity contribution < 1.29 is 9.90 Å². The van der Waals surface area contributed by atoms with Gasteiger partial charge in [0, 0.05) is 37.6 Å². The summed E-state index contributed by atoms with van der Waals surface area (Å²) in [5.74, 6) is 0.582. The van der Waals surface area contributed by atoms with Crippen molar-refractivity contribution >= 4 is 5.91 Å². The highest BCUT2D eigenvalue weighted by Crippen LogP contribution is 2.26. The monoisotopic (exact) mass is 316 g/mol. The zero-order valence-corrected chi connectivity index (χ0v) is 13.8. The second-order valence-corrected chi connectivity index (χ2v) is 7.05. The molecule has 4 nitrogen and oxygen atoms in total. The minimum absolute atomic E-state index is 0.0746. The first-order chi connectivity index (χ1) is 11.3. The van der Waals surface area contributed by atoms with Gasteiger partial charge in [-0.15, -0.1) is 0 Å². The summed E-state index contributed by atoms with van der Waals surface area (Å²) in [6.07, 6.45) is 5.34. The molecule has 1 aliphatic carbocycles. The lowest BCUT2D eigenvalue weighted by Gasteiger charge is -2.38. The molecule has 1 amide bonds. The van der Waals surface area contributed by atoms with Crippen LogP contribution in [0.15, 0.2) is 30.3 Å². The highest BCUT2D eigenvalue weighted by Gasteiger charge is 2.32. The molecular formula is C19H28N2O2. The average molecular weight is 316 g/mol. The highest BCUT2D eigenvalue weighted by atomic mass is 16.3. The number of nitrogens with one attached hydrogen (secondary N) is 1. The molecule has 1 saturated heterocycles. The molecule has 1 heterocycles. The van der Waals surface area contributed by atoms with Gasteiger partial charge in [-0.2, -0.15) is 0 Å². The standard InChI is InChI=1S/C19H28N2O2/c22-14-17-10-11-21(12-15-6-2-1-3-7-15)13-18(17)20-19(23)16-8-4-5-9-16/h1-3,6-7,16-18,22H,4-5,8-14H2,(H,20,23). The van der Waals surface area contributed by atoms with Crippen LogP contribution in [0, 0.1) is 11.8 Å². The van der Waals surface area contributed by atoms with Crippen LogP contribution in [0.2, 0.25) is 0 Å². The van der Waals surface area contributed by atoms with Gasteiger partial charge < -0.3 is 10.4 Å². The fraction of sp³-hybridized carbons (Fsp3) is 0.632. The van der Waals surface area contributed by atoms with E-state index in [-0.39, 0.29) is 30.4 Å². The number of rotatable bonds is 5. The molecule has 126 valence electrons. The molecule has 1 aromatic rings. The van der Waals surface area contributed by atoms with Gasteiger partial charge in [-0.25, -0.2) is 0 Å². The van der Waals surface area contributed by atoms with Crippen molar-refractivity contribution in [2.45, 2.75) is 44.7 Å². The maximum atomic E-state index is 12.4. The molecule has 2 unspecified atom stereocenters. The number of aliphatic hydroxyl groups is 1. The predicted octanol–water partition coefficient (Wildman–Crippen LogP) is 2.18. The van der Waals surface area contributed by atoms with Crippen molar-refractivity contribution in [3.05, 3.63) is 35.9 Å². The number of likely N-dealkylation sites (tertiary alicyclic amines) is 1. The first-order valence-corrected chi connectivity index (χ1v) is 8.94. The van der Waals surface area contributed by atoms with Crippen LogP contribution in [-0.2, 0) is 11.3 Å². The Kier molecular flexibility index (Phi) is 5.68. The molecule has 0 aromatic heterocycles. The Labute approximate surface area is 138 Å². The molecule has 3 rings (SSSR count). The average Bonchev–Trinajstić information content (AvgIpc) is 3.11. The zero-order chi connectivity index (χ0) is 16.1. The molecule has 1 aliphatic heterocycles. The Morgan fingerprint density at radius 1 is 1.17 bits per heavy atom. The third kappa shape index (κ3) is 4.33. The summed E-state index contributed by atoms with van der Waals surface area (Å²) >= 11 is 0. The van der Waals surface area contributed by atoms with Gasteiger partial charge in [0.05, 0.1) is 0 Å². The summed E-state index contributed by atoms with van der Waals surface area (Å²) in [5, 5.41) is 12.9. The minimum atomic E-state index is 0.0746. The van der Waals surface area contributed by atoms with Gasteiger partial charge >= 0.3 is 0 Å². The van der Waals surface area contributed by atoms with Crippen LogP contribution in [0.4, 0.5) is 0 Å². The smallest absolute Gasteiger partial charge is 0.223 e. The van der Waals surface area contributed by atoms with Crippen LogP contribution in [-0.4, -0.2) is 41.7 Å². The Morgan fingerprint density at radius 3 is 2.61 bits per heavy atom. The summed E-state index contributed by atoms with van der Waals surface area (Å²) in [7, 11) is 0. The third-order valence-corrected chi connectivity index (χ3v) is 5.38. The fourth-order valence-corrected chi connectivity index (χ4v) is 3.92. The Morgan fingerprint density at radius 2 is 1.91 bits per heavy atom. The van der Waals surface area contributed by atoms with E-state index in [1.165, 1.54) is 18.4 Å². The number of carbonyl (C=O) groups is 1. The maximum Gasteiger partial charge on any atom is 0.223 e. The van der Waals surface area contributed by atoms with Crippen LogP contribution < -0.4 is 5.32 Å². The number of piperidine rings is 1. The lowest BCUT2D eigenvalue weighted by atomic mass is 9.91. The van der Waals surface area contributed by atoms with E-state index < -0.39 is 0 Å². The van der Waals surface area contributed by atoms with Gasteiger partial charge in [-0.1, -0.05) is 43.2 Å². The molecule has 0 spiro atoms. The molecule has 2 atom stereocenters. The SMILES string of the molecule is O=C(NC1CN(Cc2ccccc2)CCC1CO)C1CCCC1. The van der Waals surface area contributed by atoms with Crippen LogP contribution >= 0.6 is 0 Å². The molecule has 2 N–H and O–H groups in total. The normalized spacial score (nSPS) is 26.3. The highest BCUT2D eigenvalue weighted by molar-refractivity contribution is 5.79. The number of hydrogen-bond donors (Lipinski definition) is 2. The van der Waals surface area contributed by atoms with E-state index in [2.05, 4.69) is 34.5 Å². The van der Waals surface area contributed by atoms with E-state index in [0.717, 1.165) is 38.9 Å². The Bertz CT molecular complexity index is 499. The van der Waals surface area contributed by atoms with Gasteiger partial charge in [0.15, 0.2) is 0 Å². The van der Waals surface area contributed by atoms with Crippen LogP contribution in [0.1, 0.15) is 37.7 Å². The van der Waals surface area contributed by atoms with Crippen molar-refractivity contribution in [1.29, 1.82) is 0 Å². The molecule has 2 aliphatic rings. The molecule has 0 bridgehead atoms. The number of carbonyl (C=O) groups excluding carboxylic acids is 1. The van der Waals surface area contributed by atoms with Crippen LogP contribution in [0.5, 0.6) is 0 Å². The van der Waals surface area contributed by atoms with E-state index >= 15 is 0 Å². The molecular weight excluding hydrogens is 288 g/mol. The summed E-state index contributed by atoms with van der Waals surface area (Å²) in [6.45, 7) is 2.89. The van der Waals surface area contributed by atoms with E-state index in [0.29, 0.717) is 0 Å². The number of benzene rings is 1. The van der Waals surface area contributed by atoms with Crippen molar-refractivity contribution in [2.75, 3.05) is 19.7 Å². The van der Waals surface area contributed by atoms with Crippen molar-refractivity contribution in [1.82, 2.24) is 10.2 Å².